The molecule has 0 aliphatic rings. The highest BCUT2D eigenvalue weighted by atomic mass is 35.5. The van der Waals surface area contributed by atoms with Crippen molar-refractivity contribution in [3.63, 3.8) is 0 Å². The third kappa shape index (κ3) is 2.18. The number of aliphatic hydroxyl groups is 1. The number of carbonyl (C=O) groups is 1. The molecule has 0 bridgehead atoms. The van der Waals surface area contributed by atoms with Gasteiger partial charge < -0.3 is 10.2 Å². The molecule has 2 N–H and O–H groups in total. The summed E-state index contributed by atoms with van der Waals surface area (Å²) in [6.45, 7) is 1.69. The first-order valence-corrected chi connectivity index (χ1v) is 4.55. The fourth-order valence-electron chi connectivity index (χ4n) is 1.05. The maximum Gasteiger partial charge on any atom is 0.337 e. The van der Waals surface area contributed by atoms with E-state index in [9.17, 15) is 9.90 Å². The third-order valence-corrected chi connectivity index (χ3v) is 2.68. The van der Waals surface area contributed by atoms with E-state index >= 15 is 0 Å². The highest BCUT2D eigenvalue weighted by Gasteiger charge is 2.17. The van der Waals surface area contributed by atoms with E-state index in [2.05, 4.69) is 0 Å². The van der Waals surface area contributed by atoms with Gasteiger partial charge in [0.05, 0.1) is 10.0 Å². The van der Waals surface area contributed by atoms with Crippen LogP contribution in [-0.4, -0.2) is 16.2 Å². The van der Waals surface area contributed by atoms with Gasteiger partial charge in [-0.15, -0.1) is 0 Å². The molecule has 0 radical (unpaired) electrons. The van der Waals surface area contributed by atoms with Crippen LogP contribution < -0.4 is 0 Å². The van der Waals surface area contributed by atoms with Gasteiger partial charge in [-0.25, -0.2) is 4.79 Å². The molecule has 0 saturated heterocycles. The third-order valence-electron chi connectivity index (χ3n) is 1.78. The lowest BCUT2D eigenvalue weighted by atomic mass is 10.1. The largest absolute Gasteiger partial charge is 0.479 e. The van der Waals surface area contributed by atoms with Crippen LogP contribution >= 0.6 is 23.2 Å². The molecule has 0 heterocycles. The van der Waals surface area contributed by atoms with E-state index < -0.39 is 12.1 Å². The van der Waals surface area contributed by atoms with Crippen LogP contribution in [0.25, 0.3) is 0 Å². The number of hydrogen-bond acceptors (Lipinski definition) is 2. The molecule has 3 nitrogen and oxygen atoms in total. The van der Waals surface area contributed by atoms with E-state index in [1.165, 1.54) is 12.1 Å². The van der Waals surface area contributed by atoms with Crippen LogP contribution in [0.3, 0.4) is 0 Å². The minimum atomic E-state index is -1.57. The van der Waals surface area contributed by atoms with Gasteiger partial charge in [0.15, 0.2) is 6.10 Å². The number of rotatable bonds is 2. The van der Waals surface area contributed by atoms with Crippen LogP contribution in [-0.2, 0) is 4.79 Å². The molecule has 0 saturated carbocycles. The van der Waals surface area contributed by atoms with Gasteiger partial charge in [-0.2, -0.15) is 0 Å². The summed E-state index contributed by atoms with van der Waals surface area (Å²) in [5.41, 5.74) is 0.860. The molecule has 14 heavy (non-hydrogen) atoms. The zero-order valence-electron chi connectivity index (χ0n) is 7.29. The highest BCUT2D eigenvalue weighted by molar-refractivity contribution is 6.42. The number of aliphatic hydroxyl groups excluding tert-OH is 1. The van der Waals surface area contributed by atoms with E-state index in [0.29, 0.717) is 10.6 Å². The van der Waals surface area contributed by atoms with Crippen molar-refractivity contribution in [2.24, 2.45) is 0 Å². The monoisotopic (exact) mass is 234 g/mol. The summed E-state index contributed by atoms with van der Waals surface area (Å²) < 4.78 is 0. The number of benzene rings is 1. The van der Waals surface area contributed by atoms with E-state index in [4.69, 9.17) is 28.3 Å². The maximum atomic E-state index is 10.5. The Kier molecular flexibility index (Phi) is 3.37. The Bertz CT molecular complexity index is 353. The minimum absolute atomic E-state index is 0.226. The van der Waals surface area contributed by atoms with Crippen molar-refractivity contribution in [1.29, 1.82) is 0 Å². The SMILES string of the molecule is Cc1cc([C@H](O)C(=O)O)cc(Cl)c1Cl. The molecule has 0 fully saturated rings. The zero-order valence-corrected chi connectivity index (χ0v) is 8.80. The fraction of sp³-hybridized carbons (Fsp3) is 0.222. The summed E-state index contributed by atoms with van der Waals surface area (Å²) in [5, 5.41) is 18.4. The summed E-state index contributed by atoms with van der Waals surface area (Å²) in [4.78, 5) is 10.5. The van der Waals surface area contributed by atoms with E-state index in [1.807, 2.05) is 0 Å². The molecule has 1 rings (SSSR count). The van der Waals surface area contributed by atoms with Crippen molar-refractivity contribution in [3.05, 3.63) is 33.3 Å². The van der Waals surface area contributed by atoms with Crippen molar-refractivity contribution in [1.82, 2.24) is 0 Å². The van der Waals surface area contributed by atoms with Gasteiger partial charge in [0.2, 0.25) is 0 Å². The van der Waals surface area contributed by atoms with E-state index in [1.54, 1.807) is 6.92 Å². The van der Waals surface area contributed by atoms with Gasteiger partial charge in [-0.05, 0) is 24.1 Å². The highest BCUT2D eigenvalue weighted by Crippen LogP contribution is 2.29. The Morgan fingerprint density at radius 3 is 2.43 bits per heavy atom. The Balaban J connectivity index is 3.19. The summed E-state index contributed by atoms with van der Waals surface area (Å²) in [7, 11) is 0. The molecule has 0 aliphatic heterocycles. The molecule has 1 atom stereocenters. The van der Waals surface area contributed by atoms with Crippen LogP contribution in [0.15, 0.2) is 12.1 Å². The maximum absolute atomic E-state index is 10.5. The van der Waals surface area contributed by atoms with Crippen molar-refractivity contribution in [2.45, 2.75) is 13.0 Å². The number of halogens is 2. The number of carboxylic acids is 1. The fourth-order valence-corrected chi connectivity index (χ4v) is 1.44. The molecule has 1 aromatic rings. The number of hydrogen-bond donors (Lipinski definition) is 2. The lowest BCUT2D eigenvalue weighted by Crippen LogP contribution is -2.10. The van der Waals surface area contributed by atoms with Crippen molar-refractivity contribution in [2.75, 3.05) is 0 Å². The van der Waals surface area contributed by atoms with Crippen LogP contribution in [0.2, 0.25) is 10.0 Å². The predicted molar refractivity (Wildman–Crippen MR) is 53.8 cm³/mol. The lowest BCUT2D eigenvalue weighted by molar-refractivity contribution is -0.146. The predicted octanol–water partition coefficient (Wildman–Crippen LogP) is 2.42. The Hall–Kier alpha value is -0.770. The molecule has 0 spiro atoms. The number of aryl methyl sites for hydroxylation is 1. The summed E-state index contributed by atoms with van der Waals surface area (Å²) >= 11 is 11.5. The Morgan fingerprint density at radius 1 is 1.43 bits per heavy atom. The molecule has 0 unspecified atom stereocenters. The second-order valence-electron chi connectivity index (χ2n) is 2.87. The zero-order chi connectivity index (χ0) is 10.9. The van der Waals surface area contributed by atoms with Crippen LogP contribution in [0.5, 0.6) is 0 Å². The average molecular weight is 235 g/mol. The topological polar surface area (TPSA) is 57.5 Å². The lowest BCUT2D eigenvalue weighted by Gasteiger charge is -2.09. The standard InChI is InChI=1S/C9H8Cl2O3/c1-4-2-5(8(12)9(13)14)3-6(10)7(4)11/h2-3,8,12H,1H3,(H,13,14)/t8-/m0/s1. The van der Waals surface area contributed by atoms with Crippen LogP contribution in [0, 0.1) is 6.92 Å². The van der Waals surface area contributed by atoms with Crippen LogP contribution in [0.1, 0.15) is 17.2 Å². The quantitative estimate of drug-likeness (QED) is 0.827. The van der Waals surface area contributed by atoms with Gasteiger partial charge >= 0.3 is 5.97 Å². The number of aliphatic carboxylic acids is 1. The van der Waals surface area contributed by atoms with Gasteiger partial charge in [0.25, 0.3) is 0 Å². The first kappa shape index (κ1) is 11.3. The molecule has 76 valence electrons. The second kappa shape index (κ2) is 4.17. The summed E-state index contributed by atoms with van der Waals surface area (Å²) in [6, 6.07) is 2.84. The molecule has 1 aromatic carbocycles. The summed E-state index contributed by atoms with van der Waals surface area (Å²) in [5.74, 6) is -1.32. The van der Waals surface area contributed by atoms with Crippen molar-refractivity contribution < 1.29 is 15.0 Å². The van der Waals surface area contributed by atoms with Crippen molar-refractivity contribution >= 4 is 29.2 Å². The first-order chi connectivity index (χ1) is 6.43. The summed E-state index contributed by atoms with van der Waals surface area (Å²) in [6.07, 6.45) is -1.57. The van der Waals surface area contributed by atoms with Gasteiger partial charge in [0, 0.05) is 0 Å². The Morgan fingerprint density at radius 2 is 2.00 bits per heavy atom. The smallest absolute Gasteiger partial charge is 0.337 e. The molecular formula is C9H8Cl2O3. The molecule has 0 amide bonds. The molecular weight excluding hydrogens is 227 g/mol. The molecule has 0 aliphatic carbocycles. The average Bonchev–Trinajstić information content (AvgIpc) is 2.12. The van der Waals surface area contributed by atoms with Gasteiger partial charge in [0.1, 0.15) is 0 Å². The van der Waals surface area contributed by atoms with Crippen molar-refractivity contribution in [3.8, 4) is 0 Å². The molecule has 0 aromatic heterocycles. The van der Waals surface area contributed by atoms with E-state index in [0.717, 1.165) is 0 Å². The van der Waals surface area contributed by atoms with Gasteiger partial charge in [-0.1, -0.05) is 29.3 Å². The molecule has 5 heteroatoms. The first-order valence-electron chi connectivity index (χ1n) is 3.80. The number of carboxylic acid groups (broad SMARTS) is 1. The second-order valence-corrected chi connectivity index (χ2v) is 3.66. The normalized spacial score (nSPS) is 12.6. The van der Waals surface area contributed by atoms with E-state index in [-0.39, 0.29) is 10.6 Å². The Labute approximate surface area is 90.9 Å². The minimum Gasteiger partial charge on any atom is -0.479 e. The van der Waals surface area contributed by atoms with Crippen LogP contribution in [0.4, 0.5) is 0 Å². The van der Waals surface area contributed by atoms with Gasteiger partial charge in [-0.3, -0.25) is 0 Å².